The lowest BCUT2D eigenvalue weighted by atomic mass is 10.1. The zero-order valence-corrected chi connectivity index (χ0v) is 13.9. The van der Waals surface area contributed by atoms with E-state index in [1.807, 2.05) is 24.3 Å². The van der Waals surface area contributed by atoms with Gasteiger partial charge in [0.1, 0.15) is 5.69 Å². The van der Waals surface area contributed by atoms with Crippen molar-refractivity contribution in [1.29, 1.82) is 0 Å². The topological polar surface area (TPSA) is 91.7 Å². The Balaban J connectivity index is 2.01. The number of methoxy groups -OCH3 is 1. The minimum atomic E-state index is -0.983. The van der Waals surface area contributed by atoms with Gasteiger partial charge in [-0.1, -0.05) is 24.0 Å². The lowest BCUT2D eigenvalue weighted by Gasteiger charge is -2.08. The second-order valence-corrected chi connectivity index (χ2v) is 5.36. The Morgan fingerprint density at radius 2 is 2.08 bits per heavy atom. The van der Waals surface area contributed by atoms with E-state index in [0.29, 0.717) is 12.2 Å². The van der Waals surface area contributed by atoms with E-state index in [2.05, 4.69) is 22.1 Å². The molecule has 1 aromatic carbocycles. The number of hydrogen-bond donors (Lipinski definition) is 3. The molecule has 2 rings (SSSR count). The van der Waals surface area contributed by atoms with Crippen molar-refractivity contribution in [1.82, 2.24) is 10.3 Å². The summed E-state index contributed by atoms with van der Waals surface area (Å²) in [5.74, 6) is 5.63. The van der Waals surface area contributed by atoms with Crippen LogP contribution in [0.1, 0.15) is 27.2 Å². The minimum absolute atomic E-state index is 0.0314. The fourth-order valence-corrected chi connectivity index (χ4v) is 2.02. The average Bonchev–Trinajstić information content (AvgIpc) is 2.65. The standard InChI is InChI=1S/C19H20N2O4/c1-25-13-16-4-2-3-14(9-16)5-6-15-7-8-18(20-10-15)19(24)21-11-17(23)12-22/h2-4,7-10,17,22-23H,11-13H2,1H3,(H,21,24). The van der Waals surface area contributed by atoms with Gasteiger partial charge in [0.25, 0.3) is 5.91 Å². The molecule has 6 heteroatoms. The number of carbonyl (C=O) groups excluding carboxylic acids is 1. The number of pyridine rings is 1. The summed E-state index contributed by atoms with van der Waals surface area (Å²) in [6.07, 6.45) is 0.534. The van der Waals surface area contributed by atoms with E-state index < -0.39 is 18.6 Å². The molecular formula is C19H20N2O4. The van der Waals surface area contributed by atoms with Gasteiger partial charge in [-0.2, -0.15) is 0 Å². The summed E-state index contributed by atoms with van der Waals surface area (Å²) in [7, 11) is 1.65. The van der Waals surface area contributed by atoms with Crippen molar-refractivity contribution in [2.24, 2.45) is 0 Å². The molecule has 0 aliphatic heterocycles. The minimum Gasteiger partial charge on any atom is -0.394 e. The highest BCUT2D eigenvalue weighted by molar-refractivity contribution is 5.92. The molecule has 0 aliphatic rings. The van der Waals surface area contributed by atoms with Crippen molar-refractivity contribution in [2.75, 3.05) is 20.3 Å². The summed E-state index contributed by atoms with van der Waals surface area (Å²) in [5, 5.41) is 20.4. The molecule has 2 aromatic rings. The zero-order chi connectivity index (χ0) is 18.1. The number of ether oxygens (including phenoxy) is 1. The predicted molar refractivity (Wildman–Crippen MR) is 92.8 cm³/mol. The number of rotatable bonds is 6. The smallest absolute Gasteiger partial charge is 0.269 e. The third kappa shape index (κ3) is 6.01. The van der Waals surface area contributed by atoms with Gasteiger partial charge in [0.15, 0.2) is 0 Å². The van der Waals surface area contributed by atoms with Gasteiger partial charge in [-0.3, -0.25) is 4.79 Å². The normalized spacial score (nSPS) is 11.3. The van der Waals surface area contributed by atoms with Crippen LogP contribution in [0.4, 0.5) is 0 Å². The quantitative estimate of drug-likeness (QED) is 0.674. The number of aliphatic hydroxyl groups is 2. The van der Waals surface area contributed by atoms with Crippen molar-refractivity contribution in [2.45, 2.75) is 12.7 Å². The molecule has 6 nitrogen and oxygen atoms in total. The zero-order valence-electron chi connectivity index (χ0n) is 13.9. The summed E-state index contributed by atoms with van der Waals surface area (Å²) >= 11 is 0. The first-order chi connectivity index (χ1) is 12.1. The molecular weight excluding hydrogens is 320 g/mol. The number of nitrogens with one attached hydrogen (secondary N) is 1. The van der Waals surface area contributed by atoms with Crippen LogP contribution in [0.25, 0.3) is 0 Å². The maximum Gasteiger partial charge on any atom is 0.269 e. The highest BCUT2D eigenvalue weighted by Gasteiger charge is 2.09. The van der Waals surface area contributed by atoms with Gasteiger partial charge in [0.05, 0.1) is 19.3 Å². The van der Waals surface area contributed by atoms with E-state index in [-0.39, 0.29) is 12.2 Å². The molecule has 25 heavy (non-hydrogen) atoms. The van der Waals surface area contributed by atoms with Crippen LogP contribution in [0.15, 0.2) is 42.6 Å². The van der Waals surface area contributed by atoms with Crippen molar-refractivity contribution in [3.63, 3.8) is 0 Å². The number of aliphatic hydroxyl groups excluding tert-OH is 2. The number of hydrogen-bond acceptors (Lipinski definition) is 5. The molecule has 0 saturated carbocycles. The van der Waals surface area contributed by atoms with E-state index in [9.17, 15) is 9.90 Å². The van der Waals surface area contributed by atoms with Gasteiger partial charge in [0.2, 0.25) is 0 Å². The number of carbonyl (C=O) groups is 1. The number of nitrogens with zero attached hydrogens (tertiary/aromatic N) is 1. The van der Waals surface area contributed by atoms with E-state index in [1.54, 1.807) is 19.2 Å². The van der Waals surface area contributed by atoms with Crippen LogP contribution in [0.2, 0.25) is 0 Å². The first-order valence-corrected chi connectivity index (χ1v) is 7.75. The summed E-state index contributed by atoms with van der Waals surface area (Å²) in [4.78, 5) is 15.9. The Morgan fingerprint density at radius 1 is 1.28 bits per heavy atom. The van der Waals surface area contributed by atoms with Crippen LogP contribution in [0, 0.1) is 11.8 Å². The Labute approximate surface area is 146 Å². The summed E-state index contributed by atoms with van der Waals surface area (Å²) in [6, 6.07) is 11.0. The van der Waals surface area contributed by atoms with Crippen molar-refractivity contribution in [3.8, 4) is 11.8 Å². The van der Waals surface area contributed by atoms with Crippen LogP contribution in [-0.4, -0.2) is 47.5 Å². The summed E-state index contributed by atoms with van der Waals surface area (Å²) < 4.78 is 5.10. The Hall–Kier alpha value is -2.72. The van der Waals surface area contributed by atoms with Crippen LogP contribution in [0.5, 0.6) is 0 Å². The second kappa shape index (κ2) is 9.55. The summed E-state index contributed by atoms with van der Waals surface area (Å²) in [5.41, 5.74) is 2.82. The fraction of sp³-hybridized carbons (Fsp3) is 0.263. The van der Waals surface area contributed by atoms with Gasteiger partial charge in [-0.05, 0) is 29.8 Å². The molecule has 1 aromatic heterocycles. The molecule has 0 bridgehead atoms. The second-order valence-electron chi connectivity index (χ2n) is 5.36. The van der Waals surface area contributed by atoms with Gasteiger partial charge in [0, 0.05) is 31.0 Å². The Morgan fingerprint density at radius 3 is 2.76 bits per heavy atom. The fourth-order valence-electron chi connectivity index (χ4n) is 2.02. The van der Waals surface area contributed by atoms with Crippen LogP contribution >= 0.6 is 0 Å². The highest BCUT2D eigenvalue weighted by Crippen LogP contribution is 2.06. The molecule has 0 spiro atoms. The molecule has 0 aliphatic carbocycles. The molecule has 0 radical (unpaired) electrons. The molecule has 0 fully saturated rings. The van der Waals surface area contributed by atoms with E-state index in [4.69, 9.17) is 9.84 Å². The van der Waals surface area contributed by atoms with Gasteiger partial charge in [-0.15, -0.1) is 0 Å². The van der Waals surface area contributed by atoms with E-state index in [1.165, 1.54) is 6.20 Å². The first-order valence-electron chi connectivity index (χ1n) is 7.75. The third-order valence-electron chi connectivity index (χ3n) is 3.29. The molecule has 1 unspecified atom stereocenters. The number of aromatic nitrogens is 1. The third-order valence-corrected chi connectivity index (χ3v) is 3.29. The van der Waals surface area contributed by atoms with Gasteiger partial charge >= 0.3 is 0 Å². The molecule has 130 valence electrons. The molecule has 0 saturated heterocycles. The predicted octanol–water partition coefficient (Wildman–Crippen LogP) is 0.711. The Bertz CT molecular complexity index is 763. The average molecular weight is 340 g/mol. The van der Waals surface area contributed by atoms with E-state index in [0.717, 1.165) is 11.1 Å². The number of amides is 1. The van der Waals surface area contributed by atoms with Crippen molar-refractivity contribution >= 4 is 5.91 Å². The molecule has 1 heterocycles. The molecule has 3 N–H and O–H groups in total. The maximum absolute atomic E-state index is 11.8. The van der Waals surface area contributed by atoms with Crippen molar-refractivity contribution < 1.29 is 19.7 Å². The van der Waals surface area contributed by atoms with Gasteiger partial charge < -0.3 is 20.3 Å². The molecule has 1 atom stereocenters. The monoisotopic (exact) mass is 340 g/mol. The van der Waals surface area contributed by atoms with Gasteiger partial charge in [-0.25, -0.2) is 4.98 Å². The van der Waals surface area contributed by atoms with Crippen LogP contribution in [0.3, 0.4) is 0 Å². The first kappa shape index (κ1) is 18.6. The lowest BCUT2D eigenvalue weighted by molar-refractivity contribution is 0.0799. The Kier molecular flexibility index (Phi) is 7.11. The van der Waals surface area contributed by atoms with Crippen LogP contribution < -0.4 is 5.32 Å². The SMILES string of the molecule is COCc1cccc(C#Cc2ccc(C(=O)NCC(O)CO)nc2)c1. The van der Waals surface area contributed by atoms with Crippen molar-refractivity contribution in [3.05, 3.63) is 65.0 Å². The number of benzene rings is 1. The highest BCUT2D eigenvalue weighted by atomic mass is 16.5. The summed E-state index contributed by atoms with van der Waals surface area (Å²) in [6.45, 7) is 0.0933. The van der Waals surface area contributed by atoms with Crippen LogP contribution in [-0.2, 0) is 11.3 Å². The molecule has 1 amide bonds. The lowest BCUT2D eigenvalue weighted by Crippen LogP contribution is -2.34. The largest absolute Gasteiger partial charge is 0.394 e. The maximum atomic E-state index is 11.8. The van der Waals surface area contributed by atoms with E-state index >= 15 is 0 Å².